The zero-order valence-corrected chi connectivity index (χ0v) is 11.0. The zero-order chi connectivity index (χ0) is 14.0. The summed E-state index contributed by atoms with van der Waals surface area (Å²) in [6, 6.07) is 0.0169. The molecule has 1 unspecified atom stereocenters. The summed E-state index contributed by atoms with van der Waals surface area (Å²) < 4.78 is 6.76. The van der Waals surface area contributed by atoms with Crippen molar-refractivity contribution in [1.29, 1.82) is 0 Å². The number of amides is 2. The predicted octanol–water partition coefficient (Wildman–Crippen LogP) is 0.538. The maximum Gasteiger partial charge on any atom is 0.254 e. The Hall–Kier alpha value is -1.89. The number of anilines is 1. The smallest absolute Gasteiger partial charge is 0.254 e. The molecule has 19 heavy (non-hydrogen) atoms. The minimum absolute atomic E-state index is 0.0169. The molecule has 1 aliphatic rings. The van der Waals surface area contributed by atoms with E-state index in [0.717, 1.165) is 0 Å². The van der Waals surface area contributed by atoms with E-state index in [2.05, 4.69) is 10.4 Å². The van der Waals surface area contributed by atoms with Crippen molar-refractivity contribution >= 4 is 17.6 Å². The first-order chi connectivity index (χ1) is 9.00. The van der Waals surface area contributed by atoms with Gasteiger partial charge in [0.15, 0.2) is 0 Å². The average Bonchev–Trinajstić information content (AvgIpc) is 2.96. The Kier molecular flexibility index (Phi) is 3.84. The van der Waals surface area contributed by atoms with Crippen LogP contribution in [-0.4, -0.2) is 34.8 Å². The van der Waals surface area contributed by atoms with Crippen molar-refractivity contribution in [2.24, 2.45) is 11.7 Å². The highest BCUT2D eigenvalue weighted by molar-refractivity contribution is 6.02. The summed E-state index contributed by atoms with van der Waals surface area (Å²) in [6.45, 7) is 4.82. The van der Waals surface area contributed by atoms with Gasteiger partial charge in [0.05, 0.1) is 18.7 Å². The van der Waals surface area contributed by atoms with Gasteiger partial charge in [-0.25, -0.2) is 4.68 Å². The third-order valence-electron chi connectivity index (χ3n) is 3.09. The largest absolute Gasteiger partial charge is 0.381 e. The SMILES string of the molecule is CC(C)n1ncc(C(N)=O)c1NC(=O)C1CCOC1. The van der Waals surface area contributed by atoms with Crippen molar-refractivity contribution in [1.82, 2.24) is 9.78 Å². The number of hydrogen-bond acceptors (Lipinski definition) is 4. The molecule has 1 aromatic rings. The molecule has 0 radical (unpaired) electrons. The van der Waals surface area contributed by atoms with Crippen LogP contribution in [0.15, 0.2) is 6.20 Å². The molecule has 0 bridgehead atoms. The summed E-state index contributed by atoms with van der Waals surface area (Å²) in [5.41, 5.74) is 5.51. The van der Waals surface area contributed by atoms with Crippen LogP contribution in [-0.2, 0) is 9.53 Å². The van der Waals surface area contributed by atoms with Crippen molar-refractivity contribution in [2.45, 2.75) is 26.3 Å². The Bertz CT molecular complexity index is 489. The highest BCUT2D eigenvalue weighted by Crippen LogP contribution is 2.21. The first-order valence-corrected chi connectivity index (χ1v) is 6.26. The number of hydrogen-bond donors (Lipinski definition) is 2. The average molecular weight is 266 g/mol. The molecular weight excluding hydrogens is 248 g/mol. The Balaban J connectivity index is 2.24. The molecule has 0 aromatic carbocycles. The third-order valence-corrected chi connectivity index (χ3v) is 3.09. The van der Waals surface area contributed by atoms with Crippen LogP contribution in [0, 0.1) is 5.92 Å². The zero-order valence-electron chi connectivity index (χ0n) is 11.0. The molecule has 1 saturated heterocycles. The van der Waals surface area contributed by atoms with Crippen molar-refractivity contribution in [2.75, 3.05) is 18.5 Å². The van der Waals surface area contributed by atoms with Crippen LogP contribution in [0.5, 0.6) is 0 Å². The second kappa shape index (κ2) is 5.40. The van der Waals surface area contributed by atoms with Crippen LogP contribution in [0.1, 0.15) is 36.7 Å². The number of primary amides is 1. The van der Waals surface area contributed by atoms with Crippen LogP contribution in [0.2, 0.25) is 0 Å². The topological polar surface area (TPSA) is 99.2 Å². The maximum absolute atomic E-state index is 12.1. The summed E-state index contributed by atoms with van der Waals surface area (Å²) in [5.74, 6) is -0.595. The molecular formula is C12H18N4O3. The number of carbonyl (C=O) groups excluding carboxylic acids is 2. The number of rotatable bonds is 4. The van der Waals surface area contributed by atoms with E-state index in [4.69, 9.17) is 10.5 Å². The van der Waals surface area contributed by atoms with Gasteiger partial charge in [0.1, 0.15) is 11.4 Å². The number of nitrogens with zero attached hydrogens (tertiary/aromatic N) is 2. The van der Waals surface area contributed by atoms with Gasteiger partial charge in [-0.1, -0.05) is 0 Å². The normalized spacial score (nSPS) is 18.8. The molecule has 3 N–H and O–H groups in total. The Labute approximate surface area is 111 Å². The lowest BCUT2D eigenvalue weighted by atomic mass is 10.1. The number of carbonyl (C=O) groups is 2. The Morgan fingerprint density at radius 3 is 2.84 bits per heavy atom. The first-order valence-electron chi connectivity index (χ1n) is 6.26. The van der Waals surface area contributed by atoms with Crippen molar-refractivity contribution in [3.8, 4) is 0 Å². The Morgan fingerprint density at radius 1 is 1.58 bits per heavy atom. The molecule has 7 heteroatoms. The van der Waals surface area contributed by atoms with Gasteiger partial charge in [-0.3, -0.25) is 9.59 Å². The van der Waals surface area contributed by atoms with Crippen LogP contribution in [0.3, 0.4) is 0 Å². The van der Waals surface area contributed by atoms with Crippen molar-refractivity contribution in [3.05, 3.63) is 11.8 Å². The molecule has 0 saturated carbocycles. The lowest BCUT2D eigenvalue weighted by Gasteiger charge is -2.14. The fraction of sp³-hybridized carbons (Fsp3) is 0.583. The predicted molar refractivity (Wildman–Crippen MR) is 68.7 cm³/mol. The van der Waals surface area contributed by atoms with E-state index in [0.29, 0.717) is 25.5 Å². The van der Waals surface area contributed by atoms with Crippen LogP contribution >= 0.6 is 0 Å². The number of nitrogens with two attached hydrogens (primary N) is 1. The summed E-state index contributed by atoms with van der Waals surface area (Å²) in [5, 5.41) is 6.83. The van der Waals surface area contributed by atoms with E-state index in [1.54, 1.807) is 4.68 Å². The second-order valence-corrected chi connectivity index (χ2v) is 4.86. The van der Waals surface area contributed by atoms with Crippen LogP contribution in [0.4, 0.5) is 5.82 Å². The van der Waals surface area contributed by atoms with Gasteiger partial charge in [0.2, 0.25) is 5.91 Å². The van der Waals surface area contributed by atoms with Gasteiger partial charge in [-0.2, -0.15) is 5.10 Å². The third kappa shape index (κ3) is 2.76. The van der Waals surface area contributed by atoms with Gasteiger partial charge in [-0.15, -0.1) is 0 Å². The lowest BCUT2D eigenvalue weighted by Crippen LogP contribution is -2.26. The molecule has 7 nitrogen and oxygen atoms in total. The highest BCUT2D eigenvalue weighted by atomic mass is 16.5. The first kappa shape index (κ1) is 13.5. The fourth-order valence-corrected chi connectivity index (χ4v) is 2.02. The second-order valence-electron chi connectivity index (χ2n) is 4.86. The minimum atomic E-state index is -0.607. The quantitative estimate of drug-likeness (QED) is 0.830. The van der Waals surface area contributed by atoms with Gasteiger partial charge < -0.3 is 15.8 Å². The molecule has 2 rings (SSSR count). The van der Waals surface area contributed by atoms with Crippen molar-refractivity contribution in [3.63, 3.8) is 0 Å². The number of ether oxygens (including phenoxy) is 1. The van der Waals surface area contributed by atoms with E-state index in [1.165, 1.54) is 6.20 Å². The van der Waals surface area contributed by atoms with Crippen molar-refractivity contribution < 1.29 is 14.3 Å². The summed E-state index contributed by atoms with van der Waals surface area (Å²) in [7, 11) is 0. The number of aromatic nitrogens is 2. The Morgan fingerprint density at radius 2 is 2.32 bits per heavy atom. The molecule has 2 heterocycles. The molecule has 1 fully saturated rings. The summed E-state index contributed by atoms with van der Waals surface area (Å²) in [4.78, 5) is 23.4. The summed E-state index contributed by atoms with van der Waals surface area (Å²) >= 11 is 0. The monoisotopic (exact) mass is 266 g/mol. The van der Waals surface area contributed by atoms with E-state index in [1.807, 2.05) is 13.8 Å². The molecule has 0 aliphatic carbocycles. The minimum Gasteiger partial charge on any atom is -0.381 e. The fourth-order valence-electron chi connectivity index (χ4n) is 2.02. The standard InChI is InChI=1S/C12H18N4O3/c1-7(2)16-11(9(5-14-16)10(13)17)15-12(18)8-3-4-19-6-8/h5,7-8H,3-4,6H2,1-2H3,(H2,13,17)(H,15,18). The molecule has 1 aliphatic heterocycles. The van der Waals surface area contributed by atoms with Crippen LogP contribution in [0.25, 0.3) is 0 Å². The highest BCUT2D eigenvalue weighted by Gasteiger charge is 2.26. The van der Waals surface area contributed by atoms with Gasteiger partial charge in [0.25, 0.3) is 5.91 Å². The summed E-state index contributed by atoms with van der Waals surface area (Å²) in [6.07, 6.45) is 2.07. The maximum atomic E-state index is 12.1. The van der Waals surface area contributed by atoms with Gasteiger partial charge in [0, 0.05) is 12.6 Å². The molecule has 0 spiro atoms. The molecule has 1 atom stereocenters. The molecule has 2 amide bonds. The molecule has 1 aromatic heterocycles. The van der Waals surface area contributed by atoms with Gasteiger partial charge in [-0.05, 0) is 20.3 Å². The van der Waals surface area contributed by atoms with E-state index in [-0.39, 0.29) is 23.4 Å². The van der Waals surface area contributed by atoms with E-state index in [9.17, 15) is 9.59 Å². The van der Waals surface area contributed by atoms with E-state index < -0.39 is 5.91 Å². The molecule has 104 valence electrons. The van der Waals surface area contributed by atoms with E-state index >= 15 is 0 Å². The lowest BCUT2D eigenvalue weighted by molar-refractivity contribution is -0.119. The van der Waals surface area contributed by atoms with Crippen LogP contribution < -0.4 is 11.1 Å². The van der Waals surface area contributed by atoms with Gasteiger partial charge >= 0.3 is 0 Å². The number of nitrogens with one attached hydrogen (secondary N) is 1.